The summed E-state index contributed by atoms with van der Waals surface area (Å²) in [6, 6.07) is 14.8. The molecule has 0 aromatic heterocycles. The van der Waals surface area contributed by atoms with Gasteiger partial charge >= 0.3 is 0 Å². The predicted molar refractivity (Wildman–Crippen MR) is 80.9 cm³/mol. The highest BCUT2D eigenvalue weighted by Gasteiger charge is 2.02. The SMILES string of the molecule is CCOc1cccc(OCc2cccc(C(N)=NO)c2)c1. The first kappa shape index (κ1) is 14.7. The molecule has 5 nitrogen and oxygen atoms in total. The fourth-order valence-electron chi connectivity index (χ4n) is 1.87. The molecule has 0 aliphatic carbocycles. The molecule has 5 heteroatoms. The lowest BCUT2D eigenvalue weighted by Crippen LogP contribution is -2.13. The summed E-state index contributed by atoms with van der Waals surface area (Å²) in [5, 5.41) is 11.7. The fraction of sp³-hybridized carbons (Fsp3) is 0.188. The topological polar surface area (TPSA) is 77.1 Å². The van der Waals surface area contributed by atoms with Gasteiger partial charge in [0, 0.05) is 11.6 Å². The first-order valence-electron chi connectivity index (χ1n) is 6.65. The number of rotatable bonds is 6. The van der Waals surface area contributed by atoms with Crippen molar-refractivity contribution in [3.8, 4) is 11.5 Å². The Bertz CT molecular complexity index is 626. The van der Waals surface area contributed by atoms with Crippen molar-refractivity contribution in [1.82, 2.24) is 0 Å². The quantitative estimate of drug-likeness (QED) is 0.370. The number of hydrogen-bond donors (Lipinski definition) is 2. The highest BCUT2D eigenvalue weighted by atomic mass is 16.5. The number of ether oxygens (including phenoxy) is 2. The average Bonchev–Trinajstić information content (AvgIpc) is 2.53. The van der Waals surface area contributed by atoms with Gasteiger partial charge in [0.2, 0.25) is 0 Å². The Morgan fingerprint density at radius 1 is 1.10 bits per heavy atom. The Morgan fingerprint density at radius 3 is 2.52 bits per heavy atom. The van der Waals surface area contributed by atoms with Crippen molar-refractivity contribution in [3.05, 3.63) is 59.7 Å². The third-order valence-electron chi connectivity index (χ3n) is 2.85. The van der Waals surface area contributed by atoms with Crippen LogP contribution in [0.2, 0.25) is 0 Å². The van der Waals surface area contributed by atoms with Gasteiger partial charge in [-0.1, -0.05) is 29.4 Å². The van der Waals surface area contributed by atoms with Gasteiger partial charge in [-0.15, -0.1) is 0 Å². The lowest BCUT2D eigenvalue weighted by atomic mass is 10.1. The summed E-state index contributed by atoms with van der Waals surface area (Å²) in [6.45, 7) is 2.94. The van der Waals surface area contributed by atoms with Gasteiger partial charge in [-0.25, -0.2) is 0 Å². The van der Waals surface area contributed by atoms with E-state index in [0.29, 0.717) is 18.8 Å². The van der Waals surface area contributed by atoms with Crippen molar-refractivity contribution in [2.45, 2.75) is 13.5 Å². The van der Waals surface area contributed by atoms with Crippen molar-refractivity contribution in [2.24, 2.45) is 10.9 Å². The standard InChI is InChI=1S/C16H18N2O3/c1-2-20-14-7-4-8-15(10-14)21-11-12-5-3-6-13(9-12)16(17)18-19/h3-10,19H,2,11H2,1H3,(H2,17,18). The van der Waals surface area contributed by atoms with E-state index in [-0.39, 0.29) is 5.84 Å². The lowest BCUT2D eigenvalue weighted by molar-refractivity contribution is 0.299. The van der Waals surface area contributed by atoms with Gasteiger partial charge in [0.15, 0.2) is 5.84 Å². The monoisotopic (exact) mass is 286 g/mol. The van der Waals surface area contributed by atoms with E-state index < -0.39 is 0 Å². The molecule has 0 aliphatic rings. The molecule has 2 aromatic rings. The summed E-state index contributed by atoms with van der Waals surface area (Å²) in [5.74, 6) is 1.59. The second-order valence-corrected chi connectivity index (χ2v) is 4.38. The van der Waals surface area contributed by atoms with Crippen LogP contribution in [0.1, 0.15) is 18.1 Å². The van der Waals surface area contributed by atoms with Gasteiger partial charge < -0.3 is 20.4 Å². The van der Waals surface area contributed by atoms with Crippen molar-refractivity contribution in [3.63, 3.8) is 0 Å². The van der Waals surface area contributed by atoms with E-state index in [1.807, 2.05) is 49.4 Å². The van der Waals surface area contributed by atoms with Gasteiger partial charge in [0.25, 0.3) is 0 Å². The summed E-state index contributed by atoms with van der Waals surface area (Å²) in [5.41, 5.74) is 7.15. The van der Waals surface area contributed by atoms with Crippen LogP contribution in [-0.4, -0.2) is 17.6 Å². The summed E-state index contributed by atoms with van der Waals surface area (Å²) >= 11 is 0. The molecule has 0 atom stereocenters. The predicted octanol–water partition coefficient (Wildman–Crippen LogP) is 2.76. The molecule has 0 saturated carbocycles. The maximum Gasteiger partial charge on any atom is 0.170 e. The molecule has 3 N–H and O–H groups in total. The third kappa shape index (κ3) is 4.14. The van der Waals surface area contributed by atoms with Gasteiger partial charge in [0.1, 0.15) is 18.1 Å². The highest BCUT2D eigenvalue weighted by Crippen LogP contribution is 2.20. The third-order valence-corrected chi connectivity index (χ3v) is 2.85. The number of nitrogens with two attached hydrogens (primary N) is 1. The van der Waals surface area contributed by atoms with Crippen molar-refractivity contribution < 1.29 is 14.7 Å². The zero-order valence-electron chi connectivity index (χ0n) is 11.8. The van der Waals surface area contributed by atoms with E-state index in [1.54, 1.807) is 6.07 Å². The molecule has 0 fully saturated rings. The Labute approximate surface area is 123 Å². The molecule has 0 heterocycles. The largest absolute Gasteiger partial charge is 0.494 e. The molecule has 0 saturated heterocycles. The highest BCUT2D eigenvalue weighted by molar-refractivity contribution is 5.97. The molecular formula is C16H18N2O3. The van der Waals surface area contributed by atoms with Crippen LogP contribution in [0.5, 0.6) is 11.5 Å². The molecule has 0 unspecified atom stereocenters. The van der Waals surface area contributed by atoms with E-state index in [2.05, 4.69) is 5.16 Å². The Hall–Kier alpha value is -2.69. The molecule has 2 rings (SSSR count). The summed E-state index contributed by atoms with van der Waals surface area (Å²) in [4.78, 5) is 0. The van der Waals surface area contributed by atoms with Gasteiger partial charge in [-0.2, -0.15) is 0 Å². The molecule has 110 valence electrons. The maximum absolute atomic E-state index is 8.69. The smallest absolute Gasteiger partial charge is 0.170 e. The zero-order chi connectivity index (χ0) is 15.1. The number of nitrogens with zero attached hydrogens (tertiary/aromatic N) is 1. The second kappa shape index (κ2) is 7.19. The van der Waals surface area contributed by atoms with E-state index in [9.17, 15) is 0 Å². The van der Waals surface area contributed by atoms with Crippen LogP contribution >= 0.6 is 0 Å². The molecule has 2 aromatic carbocycles. The molecule has 0 aliphatic heterocycles. The van der Waals surface area contributed by atoms with Gasteiger partial charge in [0.05, 0.1) is 6.61 Å². The zero-order valence-corrected chi connectivity index (χ0v) is 11.8. The number of benzene rings is 2. The van der Waals surface area contributed by atoms with Gasteiger partial charge in [-0.05, 0) is 30.7 Å². The Kier molecular flexibility index (Phi) is 5.04. The molecular weight excluding hydrogens is 268 g/mol. The van der Waals surface area contributed by atoms with Crippen LogP contribution in [0, 0.1) is 0 Å². The van der Waals surface area contributed by atoms with E-state index >= 15 is 0 Å². The summed E-state index contributed by atoms with van der Waals surface area (Å²) in [7, 11) is 0. The molecule has 21 heavy (non-hydrogen) atoms. The summed E-state index contributed by atoms with van der Waals surface area (Å²) < 4.78 is 11.1. The van der Waals surface area contributed by atoms with E-state index in [4.69, 9.17) is 20.4 Å². The van der Waals surface area contributed by atoms with Crippen LogP contribution in [0.4, 0.5) is 0 Å². The summed E-state index contributed by atoms with van der Waals surface area (Å²) in [6.07, 6.45) is 0. The lowest BCUT2D eigenvalue weighted by Gasteiger charge is -2.09. The van der Waals surface area contributed by atoms with Crippen molar-refractivity contribution in [2.75, 3.05) is 6.61 Å². The van der Waals surface area contributed by atoms with Crippen LogP contribution in [0.15, 0.2) is 53.7 Å². The molecule has 0 bridgehead atoms. The van der Waals surface area contributed by atoms with Crippen LogP contribution in [0.3, 0.4) is 0 Å². The molecule has 0 radical (unpaired) electrons. The number of hydrogen-bond acceptors (Lipinski definition) is 4. The van der Waals surface area contributed by atoms with Crippen LogP contribution < -0.4 is 15.2 Å². The van der Waals surface area contributed by atoms with E-state index in [1.165, 1.54) is 0 Å². The minimum absolute atomic E-state index is 0.0789. The first-order valence-corrected chi connectivity index (χ1v) is 6.65. The van der Waals surface area contributed by atoms with Crippen LogP contribution in [-0.2, 0) is 6.61 Å². The van der Waals surface area contributed by atoms with Crippen molar-refractivity contribution >= 4 is 5.84 Å². The number of oxime groups is 1. The molecule has 0 amide bonds. The van der Waals surface area contributed by atoms with E-state index in [0.717, 1.165) is 17.1 Å². The first-order chi connectivity index (χ1) is 10.2. The normalized spacial score (nSPS) is 11.2. The minimum Gasteiger partial charge on any atom is -0.494 e. The van der Waals surface area contributed by atoms with Gasteiger partial charge in [-0.3, -0.25) is 0 Å². The Morgan fingerprint density at radius 2 is 1.81 bits per heavy atom. The second-order valence-electron chi connectivity index (χ2n) is 4.38. The fourth-order valence-corrected chi connectivity index (χ4v) is 1.87. The maximum atomic E-state index is 8.69. The average molecular weight is 286 g/mol. The number of amidine groups is 1. The minimum atomic E-state index is 0.0789. The van der Waals surface area contributed by atoms with Crippen LogP contribution in [0.25, 0.3) is 0 Å². The van der Waals surface area contributed by atoms with Crippen molar-refractivity contribution in [1.29, 1.82) is 0 Å². The molecule has 0 spiro atoms. The Balaban J connectivity index is 2.04.